The summed E-state index contributed by atoms with van der Waals surface area (Å²) in [7, 11) is 0. The van der Waals surface area contributed by atoms with Gasteiger partial charge in [0.1, 0.15) is 15.5 Å². The Hall–Kier alpha value is -3.20. The lowest BCUT2D eigenvalue weighted by Crippen LogP contribution is -2.20. The number of anilines is 1. The van der Waals surface area contributed by atoms with E-state index in [0.29, 0.717) is 33.1 Å². The van der Waals surface area contributed by atoms with Crippen LogP contribution >= 0.6 is 11.3 Å². The third kappa shape index (κ3) is 3.98. The number of benzene rings is 1. The molecule has 0 unspecified atom stereocenters. The number of nitrogen functional groups attached to an aromatic ring is 1. The highest BCUT2D eigenvalue weighted by molar-refractivity contribution is 7.20. The summed E-state index contributed by atoms with van der Waals surface area (Å²) in [6, 6.07) is 7.02. The average Bonchev–Trinajstić information content (AvgIpc) is 3.03. The number of carbonyl (C=O) groups excluding carboxylic acids is 2. The van der Waals surface area contributed by atoms with Gasteiger partial charge in [-0.15, -0.1) is 11.3 Å². The highest BCUT2D eigenvalue weighted by Gasteiger charge is 2.18. The van der Waals surface area contributed by atoms with Crippen LogP contribution in [0.5, 0.6) is 5.75 Å². The minimum Gasteiger partial charge on any atom is -0.484 e. The molecule has 1 amide bonds. The minimum absolute atomic E-state index is 0.114. The van der Waals surface area contributed by atoms with E-state index < -0.39 is 11.9 Å². The SMILES string of the molecule is CCOC(=O)c1cc2c(-c3ccc(OCC(N)=O)cc3C)nc(N)nc2s1. The summed E-state index contributed by atoms with van der Waals surface area (Å²) < 4.78 is 10.4. The molecule has 0 aliphatic carbocycles. The fourth-order valence-corrected chi connectivity index (χ4v) is 3.52. The molecule has 2 heterocycles. The van der Waals surface area contributed by atoms with E-state index in [9.17, 15) is 9.59 Å². The van der Waals surface area contributed by atoms with Crippen LogP contribution in [0.3, 0.4) is 0 Å². The zero-order valence-corrected chi connectivity index (χ0v) is 15.6. The van der Waals surface area contributed by atoms with E-state index in [1.807, 2.05) is 13.0 Å². The first-order chi connectivity index (χ1) is 12.9. The summed E-state index contributed by atoms with van der Waals surface area (Å²) in [6.45, 7) is 3.73. The van der Waals surface area contributed by atoms with Crippen molar-refractivity contribution >= 4 is 39.4 Å². The van der Waals surface area contributed by atoms with E-state index in [-0.39, 0.29) is 12.6 Å². The Morgan fingerprint density at radius 3 is 2.67 bits per heavy atom. The van der Waals surface area contributed by atoms with Crippen molar-refractivity contribution in [1.29, 1.82) is 0 Å². The monoisotopic (exact) mass is 386 g/mol. The van der Waals surface area contributed by atoms with Crippen molar-refractivity contribution < 1.29 is 19.1 Å². The Labute approximate surface area is 159 Å². The number of hydrogen-bond acceptors (Lipinski definition) is 8. The number of amides is 1. The van der Waals surface area contributed by atoms with Crippen molar-refractivity contribution in [2.75, 3.05) is 18.9 Å². The lowest BCUT2D eigenvalue weighted by atomic mass is 10.0. The molecule has 1 aromatic carbocycles. The molecule has 3 rings (SSSR count). The van der Waals surface area contributed by atoms with Crippen molar-refractivity contribution in [1.82, 2.24) is 9.97 Å². The van der Waals surface area contributed by atoms with Gasteiger partial charge in [0.25, 0.3) is 5.91 Å². The molecule has 0 spiro atoms. The summed E-state index contributed by atoms with van der Waals surface area (Å²) in [5.41, 5.74) is 13.2. The van der Waals surface area contributed by atoms with Crippen LogP contribution in [0.2, 0.25) is 0 Å². The lowest BCUT2D eigenvalue weighted by Gasteiger charge is -2.10. The van der Waals surface area contributed by atoms with E-state index in [4.69, 9.17) is 20.9 Å². The van der Waals surface area contributed by atoms with Crippen molar-refractivity contribution in [3.63, 3.8) is 0 Å². The smallest absolute Gasteiger partial charge is 0.348 e. The fraction of sp³-hybridized carbons (Fsp3) is 0.222. The highest BCUT2D eigenvalue weighted by Crippen LogP contribution is 2.35. The number of carbonyl (C=O) groups is 2. The number of thiophene rings is 1. The molecule has 0 bridgehead atoms. The van der Waals surface area contributed by atoms with E-state index in [1.54, 1.807) is 25.1 Å². The number of nitrogens with two attached hydrogens (primary N) is 2. The zero-order valence-electron chi connectivity index (χ0n) is 14.8. The Kier molecular flexibility index (Phi) is 5.22. The molecule has 9 heteroatoms. The normalized spacial score (nSPS) is 10.7. The average molecular weight is 386 g/mol. The van der Waals surface area contributed by atoms with E-state index >= 15 is 0 Å². The topological polar surface area (TPSA) is 130 Å². The maximum Gasteiger partial charge on any atom is 0.348 e. The third-order valence-corrected chi connectivity index (χ3v) is 4.73. The third-order valence-electron chi connectivity index (χ3n) is 3.72. The van der Waals surface area contributed by atoms with Crippen LogP contribution in [0.4, 0.5) is 5.95 Å². The van der Waals surface area contributed by atoms with Gasteiger partial charge in [-0.3, -0.25) is 4.79 Å². The molecule has 0 aliphatic heterocycles. The molecule has 27 heavy (non-hydrogen) atoms. The molecule has 4 N–H and O–H groups in total. The standard InChI is InChI=1S/C18H18N4O4S/c1-3-25-17(24)13-7-12-15(21-18(20)22-16(12)27-13)11-5-4-10(6-9(11)2)26-8-14(19)23/h4-7H,3,8H2,1-2H3,(H2,19,23)(H2,20,21,22). The summed E-state index contributed by atoms with van der Waals surface area (Å²) in [5, 5.41) is 0.714. The largest absolute Gasteiger partial charge is 0.484 e. The number of rotatable bonds is 6. The predicted molar refractivity (Wildman–Crippen MR) is 103 cm³/mol. The summed E-state index contributed by atoms with van der Waals surface area (Å²) >= 11 is 1.21. The maximum atomic E-state index is 12.0. The molecule has 0 fully saturated rings. The van der Waals surface area contributed by atoms with Gasteiger partial charge in [0, 0.05) is 10.9 Å². The molecule has 2 aromatic heterocycles. The summed E-state index contributed by atoms with van der Waals surface area (Å²) in [4.78, 5) is 32.5. The van der Waals surface area contributed by atoms with Crippen molar-refractivity contribution in [3.8, 4) is 17.0 Å². The molecular weight excluding hydrogens is 368 g/mol. The first-order valence-corrected chi connectivity index (χ1v) is 8.97. The second-order valence-corrected chi connectivity index (χ2v) is 6.74. The highest BCUT2D eigenvalue weighted by atomic mass is 32.1. The molecule has 0 atom stereocenters. The van der Waals surface area contributed by atoms with Crippen molar-refractivity contribution in [2.45, 2.75) is 13.8 Å². The maximum absolute atomic E-state index is 12.0. The van der Waals surface area contributed by atoms with Gasteiger partial charge < -0.3 is 20.9 Å². The number of esters is 1. The van der Waals surface area contributed by atoms with Gasteiger partial charge >= 0.3 is 5.97 Å². The Balaban J connectivity index is 2.05. The van der Waals surface area contributed by atoms with E-state index in [2.05, 4.69) is 9.97 Å². The van der Waals surface area contributed by atoms with Crippen molar-refractivity contribution in [2.24, 2.45) is 5.73 Å². The molecule has 0 radical (unpaired) electrons. The molecular formula is C18H18N4O4S. The Morgan fingerprint density at radius 1 is 1.22 bits per heavy atom. The van der Waals surface area contributed by atoms with Crippen LogP contribution in [0.25, 0.3) is 21.5 Å². The number of fused-ring (bicyclic) bond motifs is 1. The number of aryl methyl sites for hydroxylation is 1. The zero-order chi connectivity index (χ0) is 19.6. The minimum atomic E-state index is -0.549. The van der Waals surface area contributed by atoms with Gasteiger partial charge in [0.2, 0.25) is 5.95 Å². The molecule has 0 saturated heterocycles. The van der Waals surface area contributed by atoms with Crippen LogP contribution in [0.1, 0.15) is 22.2 Å². The lowest BCUT2D eigenvalue weighted by molar-refractivity contribution is -0.119. The van der Waals surface area contributed by atoms with E-state index in [0.717, 1.165) is 11.1 Å². The van der Waals surface area contributed by atoms with E-state index in [1.165, 1.54) is 11.3 Å². The summed E-state index contributed by atoms with van der Waals surface area (Å²) in [5.74, 6) is -0.321. The van der Waals surface area contributed by atoms with Gasteiger partial charge in [-0.1, -0.05) is 0 Å². The number of hydrogen-bond donors (Lipinski definition) is 2. The summed E-state index contributed by atoms with van der Waals surface area (Å²) in [6.07, 6.45) is 0. The first kappa shape index (κ1) is 18.6. The molecule has 3 aromatic rings. The van der Waals surface area contributed by atoms with Gasteiger partial charge in [-0.25, -0.2) is 14.8 Å². The number of aromatic nitrogens is 2. The second-order valence-electron chi connectivity index (χ2n) is 5.71. The number of ether oxygens (including phenoxy) is 2. The number of nitrogens with zero attached hydrogens (tertiary/aromatic N) is 2. The molecule has 140 valence electrons. The van der Waals surface area contributed by atoms with Gasteiger partial charge in [0.05, 0.1) is 12.3 Å². The Morgan fingerprint density at radius 2 is 2.00 bits per heavy atom. The fourth-order valence-electron chi connectivity index (χ4n) is 2.59. The van der Waals surface area contributed by atoms with Gasteiger partial charge in [-0.05, 0) is 43.7 Å². The second kappa shape index (κ2) is 7.58. The Bertz CT molecular complexity index is 1030. The van der Waals surface area contributed by atoms with Gasteiger partial charge in [0.15, 0.2) is 6.61 Å². The molecule has 8 nitrogen and oxygen atoms in total. The van der Waals surface area contributed by atoms with Crippen LogP contribution < -0.4 is 16.2 Å². The predicted octanol–water partition coefficient (Wildman–Crippen LogP) is 2.29. The van der Waals surface area contributed by atoms with Crippen molar-refractivity contribution in [3.05, 3.63) is 34.7 Å². The van der Waals surface area contributed by atoms with Crippen LogP contribution in [-0.2, 0) is 9.53 Å². The number of primary amides is 1. The van der Waals surface area contributed by atoms with Crippen LogP contribution in [0.15, 0.2) is 24.3 Å². The molecule has 0 saturated carbocycles. The van der Waals surface area contributed by atoms with Crippen LogP contribution in [-0.4, -0.2) is 35.1 Å². The van der Waals surface area contributed by atoms with Gasteiger partial charge in [-0.2, -0.15) is 0 Å². The van der Waals surface area contributed by atoms with Crippen LogP contribution in [0, 0.1) is 6.92 Å². The first-order valence-electron chi connectivity index (χ1n) is 8.15. The quantitative estimate of drug-likeness (QED) is 0.621. The molecule has 0 aliphatic rings.